The van der Waals surface area contributed by atoms with E-state index in [0.29, 0.717) is 54.5 Å². The van der Waals surface area contributed by atoms with Gasteiger partial charge in [0, 0.05) is 21.2 Å². The SMILES string of the molecule is O=P(c1ccccc1)(c1ccccc1)c1c(OCc2ccccc2)cccc1-c1cccc(OCc2ccccc2)c1P(=O)(c1ccccc1)c1ccccc1. The molecular formula is C50H40O4P2. The Balaban J connectivity index is 1.46. The van der Waals surface area contributed by atoms with Gasteiger partial charge in [0.05, 0.1) is 10.6 Å². The Morgan fingerprint density at radius 2 is 0.571 bits per heavy atom. The van der Waals surface area contributed by atoms with Crippen LogP contribution in [0.25, 0.3) is 11.1 Å². The largest absolute Gasteiger partial charge is 0.488 e. The molecule has 0 amide bonds. The average Bonchev–Trinajstić information content (AvgIpc) is 3.28. The van der Waals surface area contributed by atoms with Gasteiger partial charge in [0.2, 0.25) is 0 Å². The molecule has 274 valence electrons. The summed E-state index contributed by atoms with van der Waals surface area (Å²) in [5.74, 6) is 0.969. The van der Waals surface area contributed by atoms with E-state index in [0.717, 1.165) is 11.1 Å². The Kier molecular flexibility index (Phi) is 11.0. The van der Waals surface area contributed by atoms with E-state index in [4.69, 9.17) is 9.47 Å². The Bertz CT molecular complexity index is 2350. The van der Waals surface area contributed by atoms with Crippen LogP contribution in [0, 0.1) is 0 Å². The monoisotopic (exact) mass is 766 g/mol. The van der Waals surface area contributed by atoms with Crippen LogP contribution in [-0.2, 0) is 22.3 Å². The predicted octanol–water partition coefficient (Wildman–Crippen LogP) is 9.79. The van der Waals surface area contributed by atoms with Crippen LogP contribution in [0.3, 0.4) is 0 Å². The van der Waals surface area contributed by atoms with E-state index in [9.17, 15) is 0 Å². The van der Waals surface area contributed by atoms with E-state index in [1.807, 2.05) is 218 Å². The Labute approximate surface area is 328 Å². The van der Waals surface area contributed by atoms with Gasteiger partial charge in [0.25, 0.3) is 0 Å². The summed E-state index contributed by atoms with van der Waals surface area (Å²) in [6, 6.07) is 69.9. The average molecular weight is 767 g/mol. The van der Waals surface area contributed by atoms with Crippen molar-refractivity contribution in [2.75, 3.05) is 0 Å². The van der Waals surface area contributed by atoms with Crippen molar-refractivity contribution in [3.8, 4) is 22.6 Å². The third kappa shape index (κ3) is 7.30. The number of rotatable bonds is 13. The van der Waals surface area contributed by atoms with Crippen LogP contribution in [0.15, 0.2) is 218 Å². The van der Waals surface area contributed by atoms with Gasteiger partial charge in [-0.1, -0.05) is 206 Å². The topological polar surface area (TPSA) is 52.6 Å². The van der Waals surface area contributed by atoms with Crippen LogP contribution in [0.5, 0.6) is 11.5 Å². The first kappa shape index (κ1) is 36.8. The maximum atomic E-state index is 16.6. The fourth-order valence-corrected chi connectivity index (χ4v) is 13.2. The highest BCUT2D eigenvalue weighted by atomic mass is 31.2. The first-order valence-electron chi connectivity index (χ1n) is 18.6. The number of hydrogen-bond acceptors (Lipinski definition) is 4. The van der Waals surface area contributed by atoms with Crippen molar-refractivity contribution >= 4 is 46.1 Å². The van der Waals surface area contributed by atoms with E-state index in [2.05, 4.69) is 0 Å². The summed E-state index contributed by atoms with van der Waals surface area (Å²) in [6.45, 7) is 0.529. The molecule has 0 saturated carbocycles. The van der Waals surface area contributed by atoms with Crippen LogP contribution in [0.2, 0.25) is 0 Å². The summed E-state index contributed by atoms with van der Waals surface area (Å²) < 4.78 is 46.6. The minimum absolute atomic E-state index is 0.264. The summed E-state index contributed by atoms with van der Waals surface area (Å²) in [5, 5.41) is 3.71. The molecule has 0 unspecified atom stereocenters. The molecule has 0 N–H and O–H groups in total. The van der Waals surface area contributed by atoms with Crippen LogP contribution in [0.1, 0.15) is 11.1 Å². The van der Waals surface area contributed by atoms with Crippen molar-refractivity contribution in [3.05, 3.63) is 230 Å². The Hall–Kier alpha value is -6.18. The van der Waals surface area contributed by atoms with Gasteiger partial charge in [-0.2, -0.15) is 0 Å². The van der Waals surface area contributed by atoms with Crippen LogP contribution in [-0.4, -0.2) is 0 Å². The van der Waals surface area contributed by atoms with Gasteiger partial charge < -0.3 is 18.6 Å². The molecule has 0 atom stereocenters. The first-order valence-corrected chi connectivity index (χ1v) is 22.0. The maximum Gasteiger partial charge on any atom is 0.175 e. The third-order valence-electron chi connectivity index (χ3n) is 9.87. The molecule has 6 heteroatoms. The zero-order valence-electron chi connectivity index (χ0n) is 30.7. The fraction of sp³-hybridized carbons (Fsp3) is 0.0400. The van der Waals surface area contributed by atoms with Crippen molar-refractivity contribution in [1.82, 2.24) is 0 Å². The molecule has 0 fully saturated rings. The molecule has 56 heavy (non-hydrogen) atoms. The highest BCUT2D eigenvalue weighted by Crippen LogP contribution is 2.52. The highest BCUT2D eigenvalue weighted by Gasteiger charge is 2.40. The predicted molar refractivity (Wildman–Crippen MR) is 232 cm³/mol. The highest BCUT2D eigenvalue weighted by molar-refractivity contribution is 7.86. The molecule has 8 aromatic rings. The van der Waals surface area contributed by atoms with Gasteiger partial charge in [-0.3, -0.25) is 0 Å². The first-order chi connectivity index (χ1) is 27.6. The van der Waals surface area contributed by atoms with Crippen LogP contribution in [0.4, 0.5) is 0 Å². The quantitative estimate of drug-likeness (QED) is 0.110. The fourth-order valence-electron chi connectivity index (χ4n) is 7.20. The lowest BCUT2D eigenvalue weighted by atomic mass is 10.0. The van der Waals surface area contributed by atoms with Gasteiger partial charge in [-0.05, 0) is 34.4 Å². The molecule has 0 heterocycles. The molecule has 0 radical (unpaired) electrons. The zero-order valence-corrected chi connectivity index (χ0v) is 32.5. The van der Waals surface area contributed by atoms with Gasteiger partial charge in [-0.15, -0.1) is 0 Å². The van der Waals surface area contributed by atoms with Gasteiger partial charge >= 0.3 is 0 Å². The molecule has 8 rings (SSSR count). The Morgan fingerprint density at radius 1 is 0.304 bits per heavy atom. The van der Waals surface area contributed by atoms with Crippen molar-refractivity contribution in [2.45, 2.75) is 13.2 Å². The molecule has 0 aromatic heterocycles. The van der Waals surface area contributed by atoms with E-state index < -0.39 is 14.3 Å². The summed E-state index contributed by atoms with van der Waals surface area (Å²) in [5.41, 5.74) is 3.26. The normalized spacial score (nSPS) is 11.5. The zero-order chi connectivity index (χ0) is 38.2. The molecule has 4 nitrogen and oxygen atoms in total. The molecule has 0 aliphatic rings. The standard InChI is InChI=1S/C50H40O4P2/c51-55(41-25-11-3-12-26-41,42-27-13-4-14-28-42)49-45(33-19-35-47(49)53-37-39-21-7-1-8-22-39)46-34-20-36-48(54-38-40-23-9-2-10-24-40)50(46)56(52,43-29-15-5-16-30-43)44-31-17-6-18-32-44/h1-36H,37-38H2. The van der Waals surface area contributed by atoms with Gasteiger partial charge in [0.15, 0.2) is 14.3 Å². The lowest BCUT2D eigenvalue weighted by molar-refractivity contribution is 0.308. The van der Waals surface area contributed by atoms with Crippen molar-refractivity contribution < 1.29 is 18.6 Å². The molecular weight excluding hydrogens is 726 g/mol. The second-order valence-corrected chi connectivity index (χ2v) is 18.8. The maximum absolute atomic E-state index is 16.6. The Morgan fingerprint density at radius 3 is 0.857 bits per heavy atom. The summed E-state index contributed by atoms with van der Waals surface area (Å²) >= 11 is 0. The molecule has 0 bridgehead atoms. The van der Waals surface area contributed by atoms with Crippen molar-refractivity contribution in [1.29, 1.82) is 0 Å². The van der Waals surface area contributed by atoms with Crippen LogP contribution < -0.4 is 41.3 Å². The van der Waals surface area contributed by atoms with E-state index in [1.54, 1.807) is 0 Å². The number of ether oxygens (including phenoxy) is 2. The molecule has 0 aliphatic carbocycles. The molecule has 0 aliphatic heterocycles. The molecule has 8 aromatic carbocycles. The van der Waals surface area contributed by atoms with Crippen molar-refractivity contribution in [2.24, 2.45) is 0 Å². The smallest absolute Gasteiger partial charge is 0.175 e. The van der Waals surface area contributed by atoms with Gasteiger partial charge in [0.1, 0.15) is 24.7 Å². The van der Waals surface area contributed by atoms with Gasteiger partial charge in [-0.25, -0.2) is 0 Å². The molecule has 0 spiro atoms. The molecule has 0 saturated heterocycles. The lowest BCUT2D eigenvalue weighted by Gasteiger charge is -2.29. The third-order valence-corrected chi connectivity index (χ3v) is 16.2. The number of hydrogen-bond donors (Lipinski definition) is 0. The van der Waals surface area contributed by atoms with E-state index >= 15 is 9.13 Å². The number of benzene rings is 8. The minimum Gasteiger partial charge on any atom is -0.488 e. The summed E-state index contributed by atoms with van der Waals surface area (Å²) in [4.78, 5) is 0. The second kappa shape index (κ2) is 16.7. The second-order valence-electron chi connectivity index (χ2n) is 13.4. The lowest BCUT2D eigenvalue weighted by Crippen LogP contribution is -2.31. The minimum atomic E-state index is -3.69. The van der Waals surface area contributed by atoms with Crippen molar-refractivity contribution in [3.63, 3.8) is 0 Å². The van der Waals surface area contributed by atoms with Crippen LogP contribution >= 0.6 is 14.3 Å². The van der Waals surface area contributed by atoms with E-state index in [-0.39, 0.29) is 13.2 Å². The summed E-state index contributed by atoms with van der Waals surface area (Å²) in [7, 11) is -7.38. The van der Waals surface area contributed by atoms with E-state index in [1.165, 1.54) is 0 Å². The summed E-state index contributed by atoms with van der Waals surface area (Å²) in [6.07, 6.45) is 0.